The summed E-state index contributed by atoms with van der Waals surface area (Å²) in [4.78, 5) is 0. The molecule has 0 amide bonds. The molecule has 1 fully saturated rings. The fraction of sp³-hybridized carbons (Fsp3) is 0.667. The van der Waals surface area contributed by atoms with Crippen molar-refractivity contribution in [1.82, 2.24) is 0 Å². The summed E-state index contributed by atoms with van der Waals surface area (Å²) in [6.45, 7) is 3.90. The van der Waals surface area contributed by atoms with Gasteiger partial charge in [-0.3, -0.25) is 0 Å². The highest BCUT2D eigenvalue weighted by atomic mass is 79.9. The van der Waals surface area contributed by atoms with Crippen molar-refractivity contribution in [3.8, 4) is 0 Å². The molecule has 2 rings (SSSR count). The molecule has 1 aliphatic rings. The molecule has 2 unspecified atom stereocenters. The summed E-state index contributed by atoms with van der Waals surface area (Å²) >= 11 is 3.52. The predicted molar refractivity (Wildman–Crippen MR) is 91.0 cm³/mol. The first-order chi connectivity index (χ1) is 10.2. The van der Waals surface area contributed by atoms with Crippen LogP contribution in [0, 0.1) is 0 Å². The van der Waals surface area contributed by atoms with Gasteiger partial charge in [0, 0.05) is 17.4 Å². The molecular weight excluding hydrogens is 328 g/mol. The molecule has 0 bridgehead atoms. The van der Waals surface area contributed by atoms with Gasteiger partial charge in [0.1, 0.15) is 0 Å². The molecule has 2 nitrogen and oxygen atoms in total. The van der Waals surface area contributed by atoms with Crippen molar-refractivity contribution in [2.75, 3.05) is 18.5 Å². The molecule has 0 saturated carbocycles. The van der Waals surface area contributed by atoms with E-state index in [0.29, 0.717) is 0 Å². The molecular formula is C18H27BrO2. The normalized spacial score (nSPS) is 21.9. The third-order valence-electron chi connectivity index (χ3n) is 4.31. The average molecular weight is 355 g/mol. The van der Waals surface area contributed by atoms with E-state index in [2.05, 4.69) is 53.2 Å². The molecule has 1 aromatic rings. The molecule has 1 heterocycles. The van der Waals surface area contributed by atoms with E-state index in [9.17, 15) is 0 Å². The second-order valence-electron chi connectivity index (χ2n) is 6.18. The van der Waals surface area contributed by atoms with Crippen LogP contribution in [0.15, 0.2) is 30.3 Å². The van der Waals surface area contributed by atoms with Crippen LogP contribution in [-0.2, 0) is 14.9 Å². The van der Waals surface area contributed by atoms with Crippen molar-refractivity contribution in [3.63, 3.8) is 0 Å². The van der Waals surface area contributed by atoms with Crippen LogP contribution in [0.4, 0.5) is 0 Å². The summed E-state index contributed by atoms with van der Waals surface area (Å²) in [5.74, 6) is 0. The number of alkyl halides is 1. The number of unbranched alkanes of at least 4 members (excludes halogenated alkanes) is 1. The molecule has 1 saturated heterocycles. The lowest BCUT2D eigenvalue weighted by molar-refractivity contribution is -0.171. The van der Waals surface area contributed by atoms with Crippen LogP contribution >= 0.6 is 15.9 Å². The second kappa shape index (κ2) is 8.92. The molecule has 0 spiro atoms. The van der Waals surface area contributed by atoms with Gasteiger partial charge in [-0.25, -0.2) is 0 Å². The number of rotatable bonds is 8. The van der Waals surface area contributed by atoms with E-state index < -0.39 is 0 Å². The van der Waals surface area contributed by atoms with E-state index >= 15 is 0 Å². The van der Waals surface area contributed by atoms with Crippen LogP contribution in [0.1, 0.15) is 51.0 Å². The second-order valence-corrected chi connectivity index (χ2v) is 6.97. The first-order valence-electron chi connectivity index (χ1n) is 8.09. The fourth-order valence-electron chi connectivity index (χ4n) is 2.87. The maximum Gasteiger partial charge on any atom is 0.157 e. The van der Waals surface area contributed by atoms with Gasteiger partial charge < -0.3 is 9.47 Å². The lowest BCUT2D eigenvalue weighted by Gasteiger charge is -2.33. The quantitative estimate of drug-likeness (QED) is 0.480. The predicted octanol–water partition coefficient (Wildman–Crippen LogP) is 5.05. The molecule has 0 N–H and O–H groups in total. The Morgan fingerprint density at radius 1 is 1.24 bits per heavy atom. The standard InChI is InChI=1S/C18H27BrO2/c1-18(12-6-7-13-19,16-9-3-2-4-10-16)15-21-17-11-5-8-14-20-17/h2-4,9-10,17H,5-8,11-15H2,1H3. The minimum atomic E-state index is -0.00189. The van der Waals surface area contributed by atoms with Gasteiger partial charge >= 0.3 is 0 Å². The topological polar surface area (TPSA) is 18.5 Å². The van der Waals surface area contributed by atoms with Gasteiger partial charge in [0.15, 0.2) is 6.29 Å². The zero-order chi connectivity index (χ0) is 15.0. The summed E-state index contributed by atoms with van der Waals surface area (Å²) in [5, 5.41) is 1.07. The Morgan fingerprint density at radius 2 is 2.05 bits per heavy atom. The van der Waals surface area contributed by atoms with E-state index in [0.717, 1.165) is 31.4 Å². The molecule has 21 heavy (non-hydrogen) atoms. The highest BCUT2D eigenvalue weighted by Gasteiger charge is 2.28. The van der Waals surface area contributed by atoms with E-state index in [1.54, 1.807) is 0 Å². The van der Waals surface area contributed by atoms with Crippen molar-refractivity contribution >= 4 is 15.9 Å². The lowest BCUT2D eigenvalue weighted by Crippen LogP contribution is -2.33. The van der Waals surface area contributed by atoms with Crippen molar-refractivity contribution in [2.24, 2.45) is 0 Å². The maximum atomic E-state index is 6.10. The first-order valence-corrected chi connectivity index (χ1v) is 9.21. The van der Waals surface area contributed by atoms with Gasteiger partial charge in [-0.05, 0) is 37.7 Å². The van der Waals surface area contributed by atoms with E-state index in [4.69, 9.17) is 9.47 Å². The number of ether oxygens (including phenoxy) is 2. The molecule has 0 radical (unpaired) electrons. The summed E-state index contributed by atoms with van der Waals surface area (Å²) in [6.07, 6.45) is 6.99. The summed E-state index contributed by atoms with van der Waals surface area (Å²) in [7, 11) is 0. The van der Waals surface area contributed by atoms with Crippen LogP contribution in [-0.4, -0.2) is 24.8 Å². The van der Waals surface area contributed by atoms with E-state index in [1.807, 2.05) is 0 Å². The van der Waals surface area contributed by atoms with Crippen molar-refractivity contribution in [2.45, 2.75) is 57.2 Å². The van der Waals surface area contributed by atoms with Crippen LogP contribution in [0.3, 0.4) is 0 Å². The Labute approximate surface area is 137 Å². The fourth-order valence-corrected chi connectivity index (χ4v) is 3.27. The highest BCUT2D eigenvalue weighted by Crippen LogP contribution is 2.31. The van der Waals surface area contributed by atoms with Crippen LogP contribution in [0.2, 0.25) is 0 Å². The summed E-state index contributed by atoms with van der Waals surface area (Å²) in [6, 6.07) is 10.8. The summed E-state index contributed by atoms with van der Waals surface area (Å²) < 4.78 is 11.8. The Hall–Kier alpha value is -0.380. The average Bonchev–Trinajstić information content (AvgIpc) is 2.55. The molecule has 2 atom stereocenters. The molecule has 1 aromatic carbocycles. The lowest BCUT2D eigenvalue weighted by atomic mass is 9.79. The zero-order valence-corrected chi connectivity index (χ0v) is 14.6. The van der Waals surface area contributed by atoms with Gasteiger partial charge in [0.25, 0.3) is 0 Å². The van der Waals surface area contributed by atoms with Crippen LogP contribution < -0.4 is 0 Å². The Kier molecular flexibility index (Phi) is 7.21. The Morgan fingerprint density at radius 3 is 2.71 bits per heavy atom. The highest BCUT2D eigenvalue weighted by molar-refractivity contribution is 9.09. The third-order valence-corrected chi connectivity index (χ3v) is 4.87. The van der Waals surface area contributed by atoms with Crippen LogP contribution in [0.25, 0.3) is 0 Å². The van der Waals surface area contributed by atoms with E-state index in [1.165, 1.54) is 31.2 Å². The number of hydrogen-bond donors (Lipinski definition) is 0. The molecule has 3 heteroatoms. The number of benzene rings is 1. The molecule has 1 aliphatic heterocycles. The van der Waals surface area contributed by atoms with Gasteiger partial charge in [-0.2, -0.15) is 0 Å². The van der Waals surface area contributed by atoms with Gasteiger partial charge in [0.2, 0.25) is 0 Å². The molecule has 0 aliphatic carbocycles. The van der Waals surface area contributed by atoms with E-state index in [-0.39, 0.29) is 11.7 Å². The zero-order valence-electron chi connectivity index (χ0n) is 13.0. The van der Waals surface area contributed by atoms with Gasteiger partial charge in [0.05, 0.1) is 6.61 Å². The molecule has 0 aromatic heterocycles. The smallest absolute Gasteiger partial charge is 0.157 e. The minimum Gasteiger partial charge on any atom is -0.353 e. The Balaban J connectivity index is 1.97. The first kappa shape index (κ1) is 17.0. The maximum absolute atomic E-state index is 6.10. The van der Waals surface area contributed by atoms with Crippen molar-refractivity contribution in [1.29, 1.82) is 0 Å². The largest absolute Gasteiger partial charge is 0.353 e. The number of halogens is 1. The van der Waals surface area contributed by atoms with Crippen molar-refractivity contribution in [3.05, 3.63) is 35.9 Å². The molecule has 118 valence electrons. The van der Waals surface area contributed by atoms with Crippen molar-refractivity contribution < 1.29 is 9.47 Å². The SMILES string of the molecule is CC(CCCCBr)(COC1CCCCO1)c1ccccc1. The number of hydrogen-bond acceptors (Lipinski definition) is 2. The monoisotopic (exact) mass is 354 g/mol. The van der Waals surface area contributed by atoms with Gasteiger partial charge in [-0.15, -0.1) is 0 Å². The van der Waals surface area contributed by atoms with Gasteiger partial charge in [-0.1, -0.05) is 59.6 Å². The third kappa shape index (κ3) is 5.39. The Bertz CT molecular complexity index is 389. The summed E-state index contributed by atoms with van der Waals surface area (Å²) in [5.41, 5.74) is 1.44. The minimum absolute atomic E-state index is 0.00189. The van der Waals surface area contributed by atoms with Crippen LogP contribution in [0.5, 0.6) is 0 Å².